The third-order valence-electron chi connectivity index (χ3n) is 5.26. The first-order valence-electron chi connectivity index (χ1n) is 10.5. The fraction of sp³-hybridized carbons (Fsp3) is 0.200. The SMILES string of the molecule is Cc1cc(NC(=O)C(=O)O)cc(C)c1Oc1ccc(O)c(CNCc2ccc3c(c2)OCO3)c1. The van der Waals surface area contributed by atoms with Crippen LogP contribution in [-0.4, -0.2) is 28.9 Å². The molecule has 9 heteroatoms. The lowest BCUT2D eigenvalue weighted by molar-refractivity contribution is -0.147. The van der Waals surface area contributed by atoms with Crippen LogP contribution in [0.3, 0.4) is 0 Å². The minimum absolute atomic E-state index is 0.144. The summed E-state index contributed by atoms with van der Waals surface area (Å²) in [5, 5.41) is 24.7. The Hall–Kier alpha value is -4.24. The van der Waals surface area contributed by atoms with E-state index < -0.39 is 11.9 Å². The average molecular weight is 464 g/mol. The van der Waals surface area contributed by atoms with Gasteiger partial charge in [-0.1, -0.05) is 6.07 Å². The lowest BCUT2D eigenvalue weighted by Gasteiger charge is -2.15. The number of aliphatic carboxylic acids is 1. The molecule has 0 aliphatic carbocycles. The molecular formula is C25H24N2O7. The van der Waals surface area contributed by atoms with Crippen molar-refractivity contribution in [2.75, 3.05) is 12.1 Å². The molecule has 0 spiro atoms. The monoisotopic (exact) mass is 464 g/mol. The van der Waals surface area contributed by atoms with Crippen LogP contribution >= 0.6 is 0 Å². The Morgan fingerprint density at radius 3 is 2.44 bits per heavy atom. The van der Waals surface area contributed by atoms with E-state index in [-0.39, 0.29) is 12.5 Å². The van der Waals surface area contributed by atoms with Crippen molar-refractivity contribution in [3.05, 3.63) is 70.8 Å². The molecular weight excluding hydrogens is 440 g/mol. The fourth-order valence-corrected chi connectivity index (χ4v) is 3.65. The van der Waals surface area contributed by atoms with Crippen LogP contribution in [0, 0.1) is 13.8 Å². The topological polar surface area (TPSA) is 126 Å². The summed E-state index contributed by atoms with van der Waals surface area (Å²) in [4.78, 5) is 22.2. The molecule has 34 heavy (non-hydrogen) atoms. The van der Waals surface area contributed by atoms with E-state index in [1.54, 1.807) is 44.2 Å². The minimum Gasteiger partial charge on any atom is -0.508 e. The predicted octanol–water partition coefficient (Wildman–Crippen LogP) is 3.84. The lowest BCUT2D eigenvalue weighted by atomic mass is 10.1. The molecule has 0 bridgehead atoms. The van der Waals surface area contributed by atoms with Gasteiger partial charge in [0.1, 0.15) is 17.2 Å². The van der Waals surface area contributed by atoms with E-state index in [2.05, 4.69) is 10.6 Å². The first-order chi connectivity index (χ1) is 16.3. The van der Waals surface area contributed by atoms with E-state index in [9.17, 15) is 14.7 Å². The highest BCUT2D eigenvalue weighted by atomic mass is 16.7. The van der Waals surface area contributed by atoms with Crippen molar-refractivity contribution in [2.24, 2.45) is 0 Å². The highest BCUT2D eigenvalue weighted by molar-refractivity contribution is 6.36. The van der Waals surface area contributed by atoms with Gasteiger partial charge < -0.3 is 35.1 Å². The summed E-state index contributed by atoms with van der Waals surface area (Å²) in [6.45, 7) is 4.81. The number of hydrogen-bond acceptors (Lipinski definition) is 7. The van der Waals surface area contributed by atoms with E-state index in [0.29, 0.717) is 35.8 Å². The quantitative estimate of drug-likeness (QED) is 0.389. The number of phenolic OH excluding ortho intramolecular Hbond substituents is 1. The second-order valence-electron chi connectivity index (χ2n) is 7.88. The molecule has 3 aromatic rings. The van der Waals surface area contributed by atoms with Crippen molar-refractivity contribution < 1.29 is 34.0 Å². The van der Waals surface area contributed by atoms with Crippen molar-refractivity contribution in [1.29, 1.82) is 0 Å². The molecule has 1 aliphatic rings. The van der Waals surface area contributed by atoms with Gasteiger partial charge in [0.2, 0.25) is 6.79 Å². The molecule has 0 atom stereocenters. The second-order valence-corrected chi connectivity index (χ2v) is 7.88. The predicted molar refractivity (Wildman–Crippen MR) is 123 cm³/mol. The van der Waals surface area contributed by atoms with Crippen LogP contribution in [0.15, 0.2) is 48.5 Å². The first kappa shape index (κ1) is 22.9. The molecule has 0 aromatic heterocycles. The van der Waals surface area contributed by atoms with Crippen LogP contribution in [0.1, 0.15) is 22.3 Å². The van der Waals surface area contributed by atoms with E-state index in [1.807, 2.05) is 18.2 Å². The zero-order valence-corrected chi connectivity index (χ0v) is 18.7. The fourth-order valence-electron chi connectivity index (χ4n) is 3.65. The van der Waals surface area contributed by atoms with Gasteiger partial charge in [-0.05, 0) is 73.0 Å². The number of carboxylic acid groups (broad SMARTS) is 1. The number of rotatable bonds is 7. The van der Waals surface area contributed by atoms with E-state index in [4.69, 9.17) is 19.3 Å². The average Bonchev–Trinajstić information content (AvgIpc) is 3.26. The number of ether oxygens (including phenoxy) is 3. The van der Waals surface area contributed by atoms with Crippen LogP contribution in [0.25, 0.3) is 0 Å². The molecule has 4 N–H and O–H groups in total. The third kappa shape index (κ3) is 5.21. The number of amides is 1. The third-order valence-corrected chi connectivity index (χ3v) is 5.26. The van der Waals surface area contributed by atoms with Crippen molar-refractivity contribution in [1.82, 2.24) is 5.32 Å². The van der Waals surface area contributed by atoms with Crippen LogP contribution in [-0.2, 0) is 22.7 Å². The zero-order chi connectivity index (χ0) is 24.2. The summed E-state index contributed by atoms with van der Waals surface area (Å²) in [5.41, 5.74) is 3.50. The van der Waals surface area contributed by atoms with E-state index >= 15 is 0 Å². The summed E-state index contributed by atoms with van der Waals surface area (Å²) in [6, 6.07) is 14.0. The van der Waals surface area contributed by atoms with Crippen molar-refractivity contribution in [3.8, 4) is 28.7 Å². The normalized spacial score (nSPS) is 11.8. The van der Waals surface area contributed by atoms with Gasteiger partial charge in [0.15, 0.2) is 11.5 Å². The number of nitrogens with one attached hydrogen (secondary N) is 2. The maximum absolute atomic E-state index is 11.4. The molecule has 4 rings (SSSR count). The number of fused-ring (bicyclic) bond motifs is 1. The maximum Gasteiger partial charge on any atom is 0.394 e. The number of carboxylic acids is 1. The summed E-state index contributed by atoms with van der Waals surface area (Å²) < 4.78 is 16.8. The molecule has 9 nitrogen and oxygen atoms in total. The van der Waals surface area contributed by atoms with Gasteiger partial charge in [-0.15, -0.1) is 0 Å². The Balaban J connectivity index is 1.42. The minimum atomic E-state index is -1.56. The van der Waals surface area contributed by atoms with Crippen LogP contribution in [0.4, 0.5) is 5.69 Å². The van der Waals surface area contributed by atoms with Gasteiger partial charge in [0.25, 0.3) is 0 Å². The molecule has 3 aromatic carbocycles. The summed E-state index contributed by atoms with van der Waals surface area (Å²) in [6.07, 6.45) is 0. The molecule has 0 fully saturated rings. The zero-order valence-electron chi connectivity index (χ0n) is 18.7. The number of aromatic hydroxyl groups is 1. The number of hydrogen-bond donors (Lipinski definition) is 4. The van der Waals surface area contributed by atoms with Gasteiger partial charge in [-0.25, -0.2) is 4.79 Å². The standard InChI is InChI=1S/C25H24N2O7/c1-14-7-18(27-24(29)25(30)31)8-15(2)23(14)34-19-4-5-20(28)17(10-19)12-26-11-16-3-6-21-22(9-16)33-13-32-21/h3-10,26,28H,11-13H2,1-2H3,(H,27,29)(H,30,31). The van der Waals surface area contributed by atoms with E-state index in [0.717, 1.165) is 28.2 Å². The number of aryl methyl sites for hydroxylation is 2. The van der Waals surface area contributed by atoms with E-state index in [1.165, 1.54) is 0 Å². The molecule has 0 saturated heterocycles. The summed E-state index contributed by atoms with van der Waals surface area (Å²) in [5.74, 6) is 0.0458. The number of anilines is 1. The van der Waals surface area contributed by atoms with Crippen LogP contribution in [0.5, 0.6) is 28.7 Å². The Kier molecular flexibility index (Phi) is 6.55. The van der Waals surface area contributed by atoms with Crippen molar-refractivity contribution >= 4 is 17.6 Å². The molecule has 176 valence electrons. The lowest BCUT2D eigenvalue weighted by Crippen LogP contribution is -2.21. The molecule has 1 amide bonds. The van der Waals surface area contributed by atoms with Crippen molar-refractivity contribution in [3.63, 3.8) is 0 Å². The molecule has 0 saturated carbocycles. The highest BCUT2D eigenvalue weighted by Crippen LogP contribution is 2.34. The van der Waals surface area contributed by atoms with Crippen LogP contribution in [0.2, 0.25) is 0 Å². The molecule has 1 aliphatic heterocycles. The first-order valence-corrected chi connectivity index (χ1v) is 10.5. The maximum atomic E-state index is 11.4. The summed E-state index contributed by atoms with van der Waals surface area (Å²) >= 11 is 0. The second kappa shape index (κ2) is 9.72. The highest BCUT2D eigenvalue weighted by Gasteiger charge is 2.15. The number of carbonyl (C=O) groups is 2. The largest absolute Gasteiger partial charge is 0.508 e. The Morgan fingerprint density at radius 1 is 0.971 bits per heavy atom. The molecule has 0 unspecified atom stereocenters. The number of carbonyl (C=O) groups excluding carboxylic acids is 1. The van der Waals surface area contributed by atoms with Gasteiger partial charge in [0, 0.05) is 24.3 Å². The van der Waals surface area contributed by atoms with Gasteiger partial charge in [-0.2, -0.15) is 0 Å². The molecule has 0 radical (unpaired) electrons. The van der Waals surface area contributed by atoms with Gasteiger partial charge in [-0.3, -0.25) is 4.79 Å². The summed E-state index contributed by atoms with van der Waals surface area (Å²) in [7, 11) is 0. The Labute approximate surface area is 195 Å². The van der Waals surface area contributed by atoms with Crippen LogP contribution < -0.4 is 24.8 Å². The van der Waals surface area contributed by atoms with Gasteiger partial charge in [0.05, 0.1) is 0 Å². The number of benzene rings is 3. The smallest absolute Gasteiger partial charge is 0.394 e. The van der Waals surface area contributed by atoms with Gasteiger partial charge >= 0.3 is 11.9 Å². The Bertz CT molecular complexity index is 1230. The Morgan fingerprint density at radius 2 is 1.71 bits per heavy atom. The number of phenols is 1. The molecule has 1 heterocycles. The van der Waals surface area contributed by atoms with Crippen molar-refractivity contribution in [2.45, 2.75) is 26.9 Å².